The van der Waals surface area contributed by atoms with Crippen LogP contribution in [0.25, 0.3) is 4.85 Å². The molecule has 16 heavy (non-hydrogen) atoms. The van der Waals surface area contributed by atoms with Crippen molar-refractivity contribution in [3.63, 3.8) is 0 Å². The Kier molecular flexibility index (Phi) is 4.95. The lowest BCUT2D eigenvalue weighted by molar-refractivity contribution is -0.157. The summed E-state index contributed by atoms with van der Waals surface area (Å²) in [5.41, 5.74) is -0.924. The standard InChI is InChI=1S/C12H21NO3/c1-11(2,3)15-8-9(13-7)10(14)16-12(4,5)6/h9H,8H2,1-6H3. The van der Waals surface area contributed by atoms with E-state index in [0.29, 0.717) is 0 Å². The summed E-state index contributed by atoms with van der Waals surface area (Å²) in [5, 5.41) is 0. The van der Waals surface area contributed by atoms with Crippen molar-refractivity contribution in [2.45, 2.75) is 58.8 Å². The summed E-state index contributed by atoms with van der Waals surface area (Å²) in [5.74, 6) is -0.522. The lowest BCUT2D eigenvalue weighted by Crippen LogP contribution is -2.35. The third-order valence-corrected chi connectivity index (χ3v) is 1.51. The number of nitrogens with zero attached hydrogens (tertiary/aromatic N) is 1. The highest BCUT2D eigenvalue weighted by atomic mass is 16.6. The van der Waals surface area contributed by atoms with E-state index in [1.54, 1.807) is 20.8 Å². The van der Waals surface area contributed by atoms with Crippen molar-refractivity contribution >= 4 is 5.97 Å². The van der Waals surface area contributed by atoms with E-state index in [-0.39, 0.29) is 12.2 Å². The first-order chi connectivity index (χ1) is 7.05. The molecule has 0 fully saturated rings. The van der Waals surface area contributed by atoms with Gasteiger partial charge in [-0.25, -0.2) is 11.4 Å². The maximum atomic E-state index is 11.6. The molecule has 4 heteroatoms. The molecule has 1 unspecified atom stereocenters. The first-order valence-electron chi connectivity index (χ1n) is 5.28. The highest BCUT2D eigenvalue weighted by Crippen LogP contribution is 2.13. The summed E-state index contributed by atoms with van der Waals surface area (Å²) in [6, 6.07) is -0.876. The molecule has 0 bridgehead atoms. The highest BCUT2D eigenvalue weighted by Gasteiger charge is 2.31. The van der Waals surface area contributed by atoms with Crippen LogP contribution in [0.2, 0.25) is 0 Å². The zero-order valence-corrected chi connectivity index (χ0v) is 11.0. The van der Waals surface area contributed by atoms with Gasteiger partial charge < -0.3 is 9.47 Å². The van der Waals surface area contributed by atoms with Crippen LogP contribution in [0, 0.1) is 6.57 Å². The Balaban J connectivity index is 4.31. The van der Waals surface area contributed by atoms with Gasteiger partial charge in [-0.1, -0.05) is 0 Å². The monoisotopic (exact) mass is 227 g/mol. The minimum atomic E-state index is -0.876. The Morgan fingerprint density at radius 1 is 1.19 bits per heavy atom. The van der Waals surface area contributed by atoms with E-state index in [9.17, 15) is 4.79 Å². The second kappa shape index (κ2) is 5.31. The second-order valence-electron chi connectivity index (χ2n) is 5.60. The van der Waals surface area contributed by atoms with Crippen LogP contribution in [0.4, 0.5) is 0 Å². The van der Waals surface area contributed by atoms with Crippen LogP contribution >= 0.6 is 0 Å². The molecule has 0 saturated heterocycles. The van der Waals surface area contributed by atoms with Crippen molar-refractivity contribution in [2.24, 2.45) is 0 Å². The molecule has 0 aliphatic rings. The van der Waals surface area contributed by atoms with Crippen molar-refractivity contribution in [1.82, 2.24) is 0 Å². The molecule has 92 valence electrons. The fourth-order valence-electron chi connectivity index (χ4n) is 0.857. The summed E-state index contributed by atoms with van der Waals surface area (Å²) < 4.78 is 10.5. The van der Waals surface area contributed by atoms with Gasteiger partial charge in [0.25, 0.3) is 0 Å². The smallest absolute Gasteiger partial charge is 0.393 e. The van der Waals surface area contributed by atoms with E-state index in [4.69, 9.17) is 16.0 Å². The van der Waals surface area contributed by atoms with Crippen molar-refractivity contribution < 1.29 is 14.3 Å². The minimum absolute atomic E-state index is 0.0713. The summed E-state index contributed by atoms with van der Waals surface area (Å²) in [6.45, 7) is 18.0. The quantitative estimate of drug-likeness (QED) is 0.549. The zero-order valence-electron chi connectivity index (χ0n) is 11.0. The summed E-state index contributed by atoms with van der Waals surface area (Å²) in [4.78, 5) is 14.8. The van der Waals surface area contributed by atoms with Gasteiger partial charge in [0.15, 0.2) is 0 Å². The fraction of sp³-hybridized carbons (Fsp3) is 0.833. The van der Waals surface area contributed by atoms with Crippen LogP contribution in [0.5, 0.6) is 0 Å². The van der Waals surface area contributed by atoms with E-state index in [1.165, 1.54) is 0 Å². The number of ether oxygens (including phenoxy) is 2. The topological polar surface area (TPSA) is 39.9 Å². The normalized spacial score (nSPS) is 14.1. The van der Waals surface area contributed by atoms with E-state index in [0.717, 1.165) is 0 Å². The molecule has 0 N–H and O–H groups in total. The Labute approximate surface area is 97.7 Å². The summed E-state index contributed by atoms with van der Waals surface area (Å²) >= 11 is 0. The van der Waals surface area contributed by atoms with Gasteiger partial charge in [0.2, 0.25) is 0 Å². The van der Waals surface area contributed by atoms with E-state index in [1.807, 2.05) is 20.8 Å². The minimum Gasteiger partial charge on any atom is -0.454 e. The average molecular weight is 227 g/mol. The van der Waals surface area contributed by atoms with Crippen LogP contribution in [0.15, 0.2) is 0 Å². The molecule has 0 radical (unpaired) electrons. The van der Waals surface area contributed by atoms with Gasteiger partial charge in [0.1, 0.15) is 12.2 Å². The third kappa shape index (κ3) is 7.24. The molecule has 0 aromatic carbocycles. The van der Waals surface area contributed by atoms with Gasteiger partial charge >= 0.3 is 12.0 Å². The van der Waals surface area contributed by atoms with E-state index < -0.39 is 17.6 Å². The van der Waals surface area contributed by atoms with Crippen LogP contribution in [-0.4, -0.2) is 29.8 Å². The second-order valence-corrected chi connectivity index (χ2v) is 5.60. The number of esters is 1. The summed E-state index contributed by atoms with van der Waals surface area (Å²) in [7, 11) is 0. The molecule has 0 spiro atoms. The maximum absolute atomic E-state index is 11.6. The molecule has 0 rings (SSSR count). The van der Waals surface area contributed by atoms with E-state index in [2.05, 4.69) is 4.85 Å². The molecular formula is C12H21NO3. The number of rotatable bonds is 3. The Bertz CT molecular complexity index is 278. The predicted octanol–water partition coefficient (Wildman–Crippen LogP) is 2.43. The van der Waals surface area contributed by atoms with Crippen LogP contribution in [0.1, 0.15) is 41.5 Å². The van der Waals surface area contributed by atoms with Crippen LogP contribution in [0.3, 0.4) is 0 Å². The molecular weight excluding hydrogens is 206 g/mol. The van der Waals surface area contributed by atoms with Crippen LogP contribution in [-0.2, 0) is 14.3 Å². The van der Waals surface area contributed by atoms with Gasteiger partial charge in [0.05, 0.1) is 5.60 Å². The molecule has 4 nitrogen and oxygen atoms in total. The van der Waals surface area contributed by atoms with E-state index >= 15 is 0 Å². The van der Waals surface area contributed by atoms with Crippen molar-refractivity contribution in [3.05, 3.63) is 11.4 Å². The number of hydrogen-bond acceptors (Lipinski definition) is 3. The third-order valence-electron chi connectivity index (χ3n) is 1.51. The lowest BCUT2D eigenvalue weighted by atomic mass is 10.2. The molecule has 1 atom stereocenters. The van der Waals surface area contributed by atoms with Gasteiger partial charge in [-0.2, -0.15) is 0 Å². The molecule has 0 aliphatic carbocycles. The predicted molar refractivity (Wildman–Crippen MR) is 61.9 cm³/mol. The molecule has 0 aromatic heterocycles. The molecule has 0 saturated carbocycles. The Morgan fingerprint density at radius 3 is 2.00 bits per heavy atom. The van der Waals surface area contributed by atoms with Crippen molar-refractivity contribution in [3.8, 4) is 0 Å². The first-order valence-corrected chi connectivity index (χ1v) is 5.28. The van der Waals surface area contributed by atoms with Crippen LogP contribution < -0.4 is 0 Å². The largest absolute Gasteiger partial charge is 0.454 e. The SMILES string of the molecule is [C-]#[N+]C(COC(C)(C)C)C(=O)OC(C)(C)C. The van der Waals surface area contributed by atoms with Crippen molar-refractivity contribution in [2.75, 3.05) is 6.61 Å². The highest BCUT2D eigenvalue weighted by molar-refractivity contribution is 5.78. The molecule has 0 aromatic rings. The number of carbonyl (C=O) groups excluding carboxylic acids is 1. The number of hydrogen-bond donors (Lipinski definition) is 0. The van der Waals surface area contributed by atoms with Gasteiger partial charge in [0, 0.05) is 0 Å². The Hall–Kier alpha value is -1.08. The molecule has 0 aliphatic heterocycles. The fourth-order valence-corrected chi connectivity index (χ4v) is 0.857. The van der Waals surface area contributed by atoms with Crippen molar-refractivity contribution in [1.29, 1.82) is 0 Å². The van der Waals surface area contributed by atoms with Gasteiger partial charge in [-0.3, -0.25) is 4.85 Å². The first kappa shape index (κ1) is 14.9. The lowest BCUT2D eigenvalue weighted by Gasteiger charge is -2.22. The molecule has 0 amide bonds. The summed E-state index contributed by atoms with van der Waals surface area (Å²) in [6.07, 6.45) is 0. The van der Waals surface area contributed by atoms with Gasteiger partial charge in [-0.15, -0.1) is 0 Å². The molecule has 0 heterocycles. The van der Waals surface area contributed by atoms with Gasteiger partial charge in [-0.05, 0) is 41.5 Å². The number of carbonyl (C=O) groups is 1. The maximum Gasteiger partial charge on any atom is 0.393 e. The average Bonchev–Trinajstić information content (AvgIpc) is 1.99. The zero-order chi connectivity index (χ0) is 13.0. The Morgan fingerprint density at radius 2 is 1.69 bits per heavy atom.